The monoisotopic (exact) mass is 251 g/mol. The molecule has 1 amide bonds. The van der Waals surface area contributed by atoms with Crippen LogP contribution in [0.1, 0.15) is 26.3 Å². The van der Waals surface area contributed by atoms with Gasteiger partial charge in [0.1, 0.15) is 0 Å². The van der Waals surface area contributed by atoms with Crippen molar-refractivity contribution >= 4 is 11.9 Å². The van der Waals surface area contributed by atoms with Crippen LogP contribution in [-0.4, -0.2) is 35.0 Å². The number of likely N-dealkylation sites (N-methyl/N-ethyl adjacent to an activating group) is 1. The standard InChI is InChI=1S/C12H21N5O/c1-12(2,3)16-7-9-5-14-11(15-6-9)17(4)8-10(13)18/h5-6,16H,7-8H2,1-4H3,(H2,13,18). The molecule has 0 aromatic carbocycles. The van der Waals surface area contributed by atoms with Gasteiger partial charge in [-0.2, -0.15) is 0 Å². The SMILES string of the molecule is CN(CC(N)=O)c1ncc(CNC(C)(C)C)cn1. The predicted octanol–water partition coefficient (Wildman–Crippen LogP) is 0.286. The molecule has 0 unspecified atom stereocenters. The van der Waals surface area contributed by atoms with Gasteiger partial charge in [0.2, 0.25) is 11.9 Å². The fourth-order valence-electron chi connectivity index (χ4n) is 1.31. The van der Waals surface area contributed by atoms with Crippen LogP contribution in [0.3, 0.4) is 0 Å². The molecular weight excluding hydrogens is 230 g/mol. The zero-order valence-electron chi connectivity index (χ0n) is 11.4. The fraction of sp³-hybridized carbons (Fsp3) is 0.583. The molecule has 0 radical (unpaired) electrons. The molecule has 0 aliphatic rings. The quantitative estimate of drug-likeness (QED) is 0.785. The lowest BCUT2D eigenvalue weighted by molar-refractivity contribution is -0.116. The van der Waals surface area contributed by atoms with E-state index < -0.39 is 5.91 Å². The topological polar surface area (TPSA) is 84.1 Å². The van der Waals surface area contributed by atoms with E-state index in [4.69, 9.17) is 5.73 Å². The number of carbonyl (C=O) groups excluding carboxylic acids is 1. The maximum absolute atomic E-state index is 10.8. The summed E-state index contributed by atoms with van der Waals surface area (Å²) in [5.41, 5.74) is 6.17. The zero-order valence-corrected chi connectivity index (χ0v) is 11.4. The van der Waals surface area contributed by atoms with E-state index in [1.54, 1.807) is 24.3 Å². The zero-order chi connectivity index (χ0) is 13.8. The first-order valence-corrected chi connectivity index (χ1v) is 5.83. The van der Waals surface area contributed by atoms with Gasteiger partial charge >= 0.3 is 0 Å². The number of amides is 1. The molecule has 1 aromatic heterocycles. The Balaban J connectivity index is 2.60. The highest BCUT2D eigenvalue weighted by atomic mass is 16.1. The Hall–Kier alpha value is -1.69. The van der Waals surface area contributed by atoms with Crippen molar-refractivity contribution in [3.8, 4) is 0 Å². The third kappa shape index (κ3) is 5.09. The average molecular weight is 251 g/mol. The molecule has 6 heteroatoms. The molecule has 0 saturated heterocycles. The minimum atomic E-state index is -0.403. The molecule has 18 heavy (non-hydrogen) atoms. The fourth-order valence-corrected chi connectivity index (χ4v) is 1.31. The van der Waals surface area contributed by atoms with Crippen LogP contribution in [0.4, 0.5) is 5.95 Å². The summed E-state index contributed by atoms with van der Waals surface area (Å²) in [4.78, 5) is 20.8. The van der Waals surface area contributed by atoms with E-state index in [-0.39, 0.29) is 12.1 Å². The number of rotatable bonds is 5. The highest BCUT2D eigenvalue weighted by Crippen LogP contribution is 2.06. The number of nitrogens with zero attached hydrogens (tertiary/aromatic N) is 3. The number of hydrogen-bond acceptors (Lipinski definition) is 5. The highest BCUT2D eigenvalue weighted by molar-refractivity contribution is 5.78. The van der Waals surface area contributed by atoms with E-state index >= 15 is 0 Å². The van der Waals surface area contributed by atoms with Gasteiger partial charge < -0.3 is 16.0 Å². The molecule has 0 spiro atoms. The van der Waals surface area contributed by atoms with Crippen LogP contribution in [0.5, 0.6) is 0 Å². The number of primary amides is 1. The minimum Gasteiger partial charge on any atom is -0.368 e. The van der Waals surface area contributed by atoms with Crippen molar-refractivity contribution in [2.24, 2.45) is 5.73 Å². The molecule has 0 saturated carbocycles. The van der Waals surface area contributed by atoms with Gasteiger partial charge in [0, 0.05) is 37.1 Å². The highest BCUT2D eigenvalue weighted by Gasteiger charge is 2.10. The molecule has 6 nitrogen and oxygen atoms in total. The Morgan fingerprint density at radius 1 is 1.39 bits per heavy atom. The molecule has 3 N–H and O–H groups in total. The van der Waals surface area contributed by atoms with Crippen LogP contribution in [0, 0.1) is 0 Å². The maximum atomic E-state index is 10.8. The van der Waals surface area contributed by atoms with Gasteiger partial charge in [0.05, 0.1) is 6.54 Å². The second kappa shape index (κ2) is 5.77. The normalized spacial score (nSPS) is 11.3. The number of nitrogens with two attached hydrogens (primary N) is 1. The lowest BCUT2D eigenvalue weighted by Crippen LogP contribution is -2.35. The van der Waals surface area contributed by atoms with Crippen LogP contribution < -0.4 is 16.0 Å². The van der Waals surface area contributed by atoms with Crippen LogP contribution >= 0.6 is 0 Å². The summed E-state index contributed by atoms with van der Waals surface area (Å²) < 4.78 is 0. The second-order valence-electron chi connectivity index (χ2n) is 5.32. The number of carbonyl (C=O) groups is 1. The summed E-state index contributed by atoms with van der Waals surface area (Å²) in [7, 11) is 1.73. The molecule has 0 aliphatic heterocycles. The number of hydrogen-bond donors (Lipinski definition) is 2. The third-order valence-electron chi connectivity index (χ3n) is 2.25. The van der Waals surface area contributed by atoms with Crippen molar-refractivity contribution in [3.05, 3.63) is 18.0 Å². The van der Waals surface area contributed by atoms with Gasteiger partial charge in [-0.25, -0.2) is 9.97 Å². The number of nitrogens with one attached hydrogen (secondary N) is 1. The van der Waals surface area contributed by atoms with Crippen molar-refractivity contribution in [2.75, 3.05) is 18.5 Å². The van der Waals surface area contributed by atoms with Gasteiger partial charge in [-0.3, -0.25) is 4.79 Å². The Morgan fingerprint density at radius 2 is 1.94 bits per heavy atom. The average Bonchev–Trinajstić information content (AvgIpc) is 2.25. The van der Waals surface area contributed by atoms with Gasteiger partial charge in [-0.15, -0.1) is 0 Å². The largest absolute Gasteiger partial charge is 0.368 e. The molecular formula is C12H21N5O. The van der Waals surface area contributed by atoms with Crippen LogP contribution in [0.15, 0.2) is 12.4 Å². The first-order valence-electron chi connectivity index (χ1n) is 5.83. The minimum absolute atomic E-state index is 0.0570. The van der Waals surface area contributed by atoms with Crippen LogP contribution in [0.2, 0.25) is 0 Å². The van der Waals surface area contributed by atoms with E-state index in [0.717, 1.165) is 5.56 Å². The molecule has 100 valence electrons. The van der Waals surface area contributed by atoms with Crippen molar-refractivity contribution in [1.29, 1.82) is 0 Å². The third-order valence-corrected chi connectivity index (χ3v) is 2.25. The first kappa shape index (κ1) is 14.4. The van der Waals surface area contributed by atoms with E-state index in [2.05, 4.69) is 36.1 Å². The van der Waals surface area contributed by atoms with E-state index in [9.17, 15) is 4.79 Å². The van der Waals surface area contributed by atoms with E-state index in [0.29, 0.717) is 12.5 Å². The summed E-state index contributed by atoms with van der Waals surface area (Å²) in [6.07, 6.45) is 3.50. The van der Waals surface area contributed by atoms with Crippen molar-refractivity contribution in [3.63, 3.8) is 0 Å². The number of anilines is 1. The summed E-state index contributed by atoms with van der Waals surface area (Å²) >= 11 is 0. The van der Waals surface area contributed by atoms with Crippen LogP contribution in [-0.2, 0) is 11.3 Å². The van der Waals surface area contributed by atoms with Gasteiger partial charge in [-0.05, 0) is 20.8 Å². The van der Waals surface area contributed by atoms with E-state index in [1.165, 1.54) is 0 Å². The molecule has 0 fully saturated rings. The van der Waals surface area contributed by atoms with Crippen LogP contribution in [0.25, 0.3) is 0 Å². The molecule has 0 aliphatic carbocycles. The van der Waals surface area contributed by atoms with Crippen molar-refractivity contribution in [2.45, 2.75) is 32.9 Å². The maximum Gasteiger partial charge on any atom is 0.237 e. The summed E-state index contributed by atoms with van der Waals surface area (Å²) in [6, 6.07) is 0. The molecule has 1 heterocycles. The first-order chi connectivity index (χ1) is 8.28. The predicted molar refractivity (Wildman–Crippen MR) is 71.1 cm³/mol. The van der Waals surface area contributed by atoms with Crippen molar-refractivity contribution in [1.82, 2.24) is 15.3 Å². The Kier molecular flexibility index (Phi) is 4.61. The Labute approximate surface area is 108 Å². The molecule has 1 rings (SSSR count). The lowest BCUT2D eigenvalue weighted by Gasteiger charge is -2.20. The second-order valence-corrected chi connectivity index (χ2v) is 5.32. The Bertz CT molecular complexity index is 396. The summed E-state index contributed by atoms with van der Waals surface area (Å²) in [5, 5.41) is 3.35. The summed E-state index contributed by atoms with van der Waals surface area (Å²) in [6.45, 7) is 7.12. The number of aromatic nitrogens is 2. The Morgan fingerprint density at radius 3 is 2.39 bits per heavy atom. The molecule has 1 aromatic rings. The summed E-state index contributed by atoms with van der Waals surface area (Å²) in [5.74, 6) is 0.0906. The van der Waals surface area contributed by atoms with Gasteiger partial charge in [-0.1, -0.05) is 0 Å². The molecule has 0 bridgehead atoms. The smallest absolute Gasteiger partial charge is 0.237 e. The van der Waals surface area contributed by atoms with Gasteiger partial charge in [0.25, 0.3) is 0 Å². The lowest BCUT2D eigenvalue weighted by atomic mass is 10.1. The van der Waals surface area contributed by atoms with E-state index in [1.807, 2.05) is 0 Å². The van der Waals surface area contributed by atoms with Crippen molar-refractivity contribution < 1.29 is 4.79 Å². The van der Waals surface area contributed by atoms with Gasteiger partial charge in [0.15, 0.2) is 0 Å². The molecule has 0 atom stereocenters.